The number of urea groups is 1. The van der Waals surface area contributed by atoms with Crippen LogP contribution in [0.5, 0.6) is 0 Å². The molecule has 0 spiro atoms. The van der Waals surface area contributed by atoms with Crippen molar-refractivity contribution in [2.24, 2.45) is 5.41 Å². The summed E-state index contributed by atoms with van der Waals surface area (Å²) in [7, 11) is 0. The molecular weight excluding hydrogens is 318 g/mol. The van der Waals surface area contributed by atoms with Crippen molar-refractivity contribution in [1.82, 2.24) is 25.8 Å². The number of aliphatic hydroxyl groups excluding tert-OH is 1. The van der Waals surface area contributed by atoms with E-state index in [1.807, 2.05) is 31.2 Å². The molecule has 136 valence electrons. The van der Waals surface area contributed by atoms with E-state index in [0.29, 0.717) is 18.8 Å². The number of aromatic amines is 1. The van der Waals surface area contributed by atoms with Crippen molar-refractivity contribution in [3.8, 4) is 11.4 Å². The Kier molecular flexibility index (Phi) is 6.14. The van der Waals surface area contributed by atoms with Gasteiger partial charge in [0.2, 0.25) is 0 Å². The summed E-state index contributed by atoms with van der Waals surface area (Å²) >= 11 is 0. The van der Waals surface area contributed by atoms with Crippen molar-refractivity contribution in [2.45, 2.75) is 46.7 Å². The van der Waals surface area contributed by atoms with Crippen LogP contribution in [-0.4, -0.2) is 39.0 Å². The number of carbonyl (C=O) groups is 1. The zero-order valence-corrected chi connectivity index (χ0v) is 15.3. The number of nitrogens with zero attached hydrogens (tertiary/aromatic N) is 2. The van der Waals surface area contributed by atoms with E-state index in [1.54, 1.807) is 0 Å². The van der Waals surface area contributed by atoms with Crippen molar-refractivity contribution in [1.29, 1.82) is 0 Å². The van der Waals surface area contributed by atoms with E-state index < -0.39 is 0 Å². The molecule has 25 heavy (non-hydrogen) atoms. The average molecular weight is 345 g/mol. The van der Waals surface area contributed by atoms with E-state index in [4.69, 9.17) is 0 Å². The van der Waals surface area contributed by atoms with Crippen LogP contribution in [0.15, 0.2) is 24.3 Å². The van der Waals surface area contributed by atoms with Crippen molar-refractivity contribution < 1.29 is 9.90 Å². The van der Waals surface area contributed by atoms with Gasteiger partial charge in [-0.2, -0.15) is 5.10 Å². The lowest BCUT2D eigenvalue weighted by atomic mass is 9.88. The first-order chi connectivity index (χ1) is 11.8. The summed E-state index contributed by atoms with van der Waals surface area (Å²) in [5, 5.41) is 22.0. The maximum Gasteiger partial charge on any atom is 0.315 e. The zero-order valence-electron chi connectivity index (χ0n) is 15.3. The minimum atomic E-state index is -0.289. The molecule has 0 saturated heterocycles. The molecule has 2 amide bonds. The lowest BCUT2D eigenvalue weighted by molar-refractivity contribution is 0.191. The maximum atomic E-state index is 12.1. The van der Waals surface area contributed by atoms with E-state index in [2.05, 4.69) is 46.6 Å². The second-order valence-corrected chi connectivity index (χ2v) is 7.42. The number of rotatable bonds is 6. The molecule has 1 unspecified atom stereocenters. The number of aliphatic hydroxyl groups is 1. The van der Waals surface area contributed by atoms with Gasteiger partial charge in [-0.05, 0) is 30.4 Å². The fourth-order valence-corrected chi connectivity index (χ4v) is 2.61. The van der Waals surface area contributed by atoms with Crippen LogP contribution >= 0.6 is 0 Å². The van der Waals surface area contributed by atoms with Gasteiger partial charge in [0.15, 0.2) is 5.82 Å². The van der Waals surface area contributed by atoms with Gasteiger partial charge < -0.3 is 15.7 Å². The maximum absolute atomic E-state index is 12.1. The highest BCUT2D eigenvalue weighted by Crippen LogP contribution is 2.20. The Morgan fingerprint density at radius 3 is 2.72 bits per heavy atom. The van der Waals surface area contributed by atoms with Gasteiger partial charge in [-0.25, -0.2) is 9.78 Å². The van der Waals surface area contributed by atoms with Crippen LogP contribution < -0.4 is 10.6 Å². The average Bonchev–Trinajstić information content (AvgIpc) is 2.98. The summed E-state index contributed by atoms with van der Waals surface area (Å²) in [6, 6.07) is 7.16. The molecule has 0 radical (unpaired) electrons. The van der Waals surface area contributed by atoms with Crippen LogP contribution in [0.4, 0.5) is 4.79 Å². The number of aromatic nitrogens is 3. The molecule has 1 atom stereocenters. The number of hydrogen-bond donors (Lipinski definition) is 4. The van der Waals surface area contributed by atoms with Crippen molar-refractivity contribution in [2.75, 3.05) is 6.61 Å². The molecule has 1 aromatic heterocycles. The lowest BCUT2D eigenvalue weighted by Gasteiger charge is -2.25. The van der Waals surface area contributed by atoms with Crippen LogP contribution in [0.25, 0.3) is 11.4 Å². The Hall–Kier alpha value is -2.41. The fourth-order valence-electron chi connectivity index (χ4n) is 2.61. The molecule has 0 fully saturated rings. The highest BCUT2D eigenvalue weighted by molar-refractivity contribution is 5.74. The van der Waals surface area contributed by atoms with E-state index in [-0.39, 0.29) is 24.1 Å². The Morgan fingerprint density at radius 1 is 1.36 bits per heavy atom. The van der Waals surface area contributed by atoms with Crippen LogP contribution in [0.1, 0.15) is 38.6 Å². The number of hydrogen-bond acceptors (Lipinski definition) is 4. The molecule has 0 aliphatic rings. The van der Waals surface area contributed by atoms with E-state index >= 15 is 0 Å². The summed E-state index contributed by atoms with van der Waals surface area (Å²) in [6.07, 6.45) is 0.705. The highest BCUT2D eigenvalue weighted by atomic mass is 16.3. The standard InChI is InChI=1S/C18H27N5O2/c1-12-20-16(23-22-12)14-7-5-6-13(8-14)10-19-17(25)21-15(11-24)9-18(2,3)4/h5-8,15,24H,9-11H2,1-4H3,(H2,19,21,25)(H,20,22,23). The highest BCUT2D eigenvalue weighted by Gasteiger charge is 2.19. The molecule has 1 aromatic carbocycles. The van der Waals surface area contributed by atoms with Crippen molar-refractivity contribution in [3.05, 3.63) is 35.7 Å². The molecule has 0 aliphatic carbocycles. The topological polar surface area (TPSA) is 103 Å². The molecular formula is C18H27N5O2. The predicted molar refractivity (Wildman–Crippen MR) is 96.9 cm³/mol. The number of amides is 2. The van der Waals surface area contributed by atoms with Gasteiger partial charge in [0.1, 0.15) is 5.82 Å². The van der Waals surface area contributed by atoms with Gasteiger partial charge in [-0.15, -0.1) is 0 Å². The zero-order chi connectivity index (χ0) is 18.4. The van der Waals surface area contributed by atoms with E-state index in [0.717, 1.165) is 17.0 Å². The number of benzene rings is 1. The van der Waals surface area contributed by atoms with Gasteiger partial charge in [0.25, 0.3) is 0 Å². The normalized spacial score (nSPS) is 12.7. The van der Waals surface area contributed by atoms with Gasteiger partial charge >= 0.3 is 6.03 Å². The summed E-state index contributed by atoms with van der Waals surface area (Å²) in [6.45, 7) is 8.38. The number of carbonyl (C=O) groups excluding carboxylic acids is 1. The SMILES string of the molecule is Cc1nc(-c2cccc(CNC(=O)NC(CO)CC(C)(C)C)c2)n[nH]1. The Balaban J connectivity index is 1.91. The molecule has 1 heterocycles. The lowest BCUT2D eigenvalue weighted by Crippen LogP contribution is -2.45. The third kappa shape index (κ3) is 6.19. The largest absolute Gasteiger partial charge is 0.394 e. The summed E-state index contributed by atoms with van der Waals surface area (Å²) < 4.78 is 0. The van der Waals surface area contributed by atoms with Crippen LogP contribution in [0.2, 0.25) is 0 Å². The second kappa shape index (κ2) is 8.11. The van der Waals surface area contributed by atoms with E-state index in [1.165, 1.54) is 0 Å². The minimum absolute atomic E-state index is 0.0314. The summed E-state index contributed by atoms with van der Waals surface area (Å²) in [5.74, 6) is 1.39. The quantitative estimate of drug-likeness (QED) is 0.645. The summed E-state index contributed by atoms with van der Waals surface area (Å²) in [5.41, 5.74) is 1.88. The van der Waals surface area contributed by atoms with Crippen molar-refractivity contribution >= 4 is 6.03 Å². The Labute approximate surface area is 148 Å². The molecule has 7 heteroatoms. The molecule has 2 aromatic rings. The van der Waals surface area contributed by atoms with E-state index in [9.17, 15) is 9.90 Å². The second-order valence-electron chi connectivity index (χ2n) is 7.42. The molecule has 0 bridgehead atoms. The van der Waals surface area contributed by atoms with Crippen molar-refractivity contribution in [3.63, 3.8) is 0 Å². The van der Waals surface area contributed by atoms with Gasteiger partial charge in [0, 0.05) is 12.1 Å². The Bertz CT molecular complexity index is 705. The Morgan fingerprint density at radius 2 is 2.12 bits per heavy atom. The smallest absolute Gasteiger partial charge is 0.315 e. The fraction of sp³-hybridized carbons (Fsp3) is 0.500. The molecule has 2 rings (SSSR count). The minimum Gasteiger partial charge on any atom is -0.394 e. The number of nitrogens with one attached hydrogen (secondary N) is 3. The van der Waals surface area contributed by atoms with Crippen LogP contribution in [0, 0.1) is 12.3 Å². The number of aryl methyl sites for hydroxylation is 1. The van der Waals surface area contributed by atoms with Crippen LogP contribution in [-0.2, 0) is 6.54 Å². The number of H-pyrrole nitrogens is 1. The molecule has 0 saturated carbocycles. The third-order valence-electron chi connectivity index (χ3n) is 3.65. The van der Waals surface area contributed by atoms with Gasteiger partial charge in [0.05, 0.1) is 12.6 Å². The monoisotopic (exact) mass is 345 g/mol. The van der Waals surface area contributed by atoms with Gasteiger partial charge in [-0.3, -0.25) is 5.10 Å². The predicted octanol–water partition coefficient (Wildman–Crippen LogP) is 2.38. The molecule has 4 N–H and O–H groups in total. The van der Waals surface area contributed by atoms with Crippen LogP contribution in [0.3, 0.4) is 0 Å². The first kappa shape index (κ1) is 18.9. The molecule has 7 nitrogen and oxygen atoms in total. The molecule has 0 aliphatic heterocycles. The third-order valence-corrected chi connectivity index (χ3v) is 3.65. The summed E-state index contributed by atoms with van der Waals surface area (Å²) in [4.78, 5) is 16.4. The first-order valence-electron chi connectivity index (χ1n) is 8.40. The van der Waals surface area contributed by atoms with Gasteiger partial charge in [-0.1, -0.05) is 39.0 Å². The first-order valence-corrected chi connectivity index (χ1v) is 8.40.